The van der Waals surface area contributed by atoms with Crippen LogP contribution in [0.4, 0.5) is 11.5 Å². The van der Waals surface area contributed by atoms with Crippen molar-refractivity contribution in [3.63, 3.8) is 0 Å². The molecule has 10 nitrogen and oxygen atoms in total. The summed E-state index contributed by atoms with van der Waals surface area (Å²) in [6.07, 6.45) is 6.29. The van der Waals surface area contributed by atoms with Crippen molar-refractivity contribution >= 4 is 17.4 Å². The molecule has 31 heavy (non-hydrogen) atoms. The van der Waals surface area contributed by atoms with E-state index in [0.717, 1.165) is 48.7 Å². The van der Waals surface area contributed by atoms with Gasteiger partial charge in [-0.05, 0) is 48.7 Å². The third-order valence-corrected chi connectivity index (χ3v) is 5.44. The first-order valence-electron chi connectivity index (χ1n) is 10.1. The Balaban J connectivity index is 1.15. The number of H-pyrrole nitrogens is 1. The molecule has 0 radical (unpaired) electrons. The number of carbonyl (C=O) groups is 1. The van der Waals surface area contributed by atoms with Gasteiger partial charge in [-0.2, -0.15) is 10.2 Å². The fourth-order valence-electron chi connectivity index (χ4n) is 3.70. The van der Waals surface area contributed by atoms with Crippen molar-refractivity contribution in [2.24, 2.45) is 5.92 Å². The summed E-state index contributed by atoms with van der Waals surface area (Å²) in [6, 6.07) is 13.5. The molecule has 1 fully saturated rings. The first-order valence-corrected chi connectivity index (χ1v) is 10.1. The van der Waals surface area contributed by atoms with Gasteiger partial charge in [0.15, 0.2) is 11.6 Å². The lowest BCUT2D eigenvalue weighted by molar-refractivity contribution is -0.120. The van der Waals surface area contributed by atoms with E-state index in [2.05, 4.69) is 40.7 Å². The molecule has 0 unspecified atom stereocenters. The maximum absolute atomic E-state index is 12.7. The summed E-state index contributed by atoms with van der Waals surface area (Å²) in [7, 11) is 0. The lowest BCUT2D eigenvalue weighted by Crippen LogP contribution is -2.38. The van der Waals surface area contributed by atoms with Crippen molar-refractivity contribution in [2.75, 3.05) is 23.3 Å². The number of anilines is 2. The molecular formula is C21H21N9O. The van der Waals surface area contributed by atoms with Crippen molar-refractivity contribution in [3.05, 3.63) is 61.3 Å². The van der Waals surface area contributed by atoms with Crippen molar-refractivity contribution < 1.29 is 4.79 Å². The number of amides is 1. The van der Waals surface area contributed by atoms with E-state index in [1.807, 2.05) is 42.5 Å². The molecule has 0 aliphatic carbocycles. The number of rotatable bonds is 5. The molecule has 1 aliphatic rings. The molecule has 5 rings (SSSR count). The Labute approximate surface area is 178 Å². The number of carbonyl (C=O) groups excluding carboxylic acids is 1. The summed E-state index contributed by atoms with van der Waals surface area (Å²) in [6.45, 7) is 1.52. The van der Waals surface area contributed by atoms with Gasteiger partial charge in [-0.3, -0.25) is 9.89 Å². The highest BCUT2D eigenvalue weighted by Gasteiger charge is 2.26. The Morgan fingerprint density at radius 1 is 1.00 bits per heavy atom. The van der Waals surface area contributed by atoms with Crippen molar-refractivity contribution in [3.8, 4) is 17.1 Å². The van der Waals surface area contributed by atoms with Crippen LogP contribution in [0.3, 0.4) is 0 Å². The van der Waals surface area contributed by atoms with E-state index in [9.17, 15) is 4.79 Å². The topological polar surface area (TPSA) is 118 Å². The summed E-state index contributed by atoms with van der Waals surface area (Å²) < 4.78 is 1.56. The van der Waals surface area contributed by atoms with Gasteiger partial charge in [0, 0.05) is 30.9 Å². The highest BCUT2D eigenvalue weighted by atomic mass is 16.1. The number of piperidine rings is 1. The quantitative estimate of drug-likeness (QED) is 0.513. The van der Waals surface area contributed by atoms with Gasteiger partial charge in [0.1, 0.15) is 12.7 Å². The van der Waals surface area contributed by atoms with E-state index < -0.39 is 0 Å². The molecule has 1 aliphatic heterocycles. The normalized spacial score (nSPS) is 14.5. The standard InChI is InChI=1S/C21H21N9O/c31-21(25-17-3-1-15(2-4-17)18-7-10-23-26-18)16-8-11-29(12-9-16)19-5-6-20(28-27-19)30-14-22-13-24-30/h1-7,10,13-14,16H,8-9,11-12H2,(H,23,26)(H,25,31). The number of benzene rings is 1. The molecule has 1 amide bonds. The molecule has 3 aromatic heterocycles. The van der Waals surface area contributed by atoms with E-state index in [1.54, 1.807) is 17.2 Å². The average molecular weight is 415 g/mol. The van der Waals surface area contributed by atoms with Crippen LogP contribution >= 0.6 is 0 Å². The van der Waals surface area contributed by atoms with Crippen molar-refractivity contribution in [1.29, 1.82) is 0 Å². The van der Waals surface area contributed by atoms with Crippen LogP contribution in [0, 0.1) is 5.92 Å². The zero-order chi connectivity index (χ0) is 21.0. The Hall–Kier alpha value is -4.08. The Morgan fingerprint density at radius 2 is 1.77 bits per heavy atom. The lowest BCUT2D eigenvalue weighted by Gasteiger charge is -2.31. The van der Waals surface area contributed by atoms with E-state index in [1.165, 1.54) is 6.33 Å². The van der Waals surface area contributed by atoms with Crippen LogP contribution in [0.1, 0.15) is 12.8 Å². The summed E-state index contributed by atoms with van der Waals surface area (Å²) in [5, 5.41) is 22.5. The summed E-state index contributed by atoms with van der Waals surface area (Å²) >= 11 is 0. The van der Waals surface area contributed by atoms with Crippen LogP contribution in [-0.4, -0.2) is 54.2 Å². The molecular weight excluding hydrogens is 394 g/mol. The number of aromatic nitrogens is 7. The molecule has 156 valence electrons. The minimum atomic E-state index is -0.0223. The zero-order valence-corrected chi connectivity index (χ0v) is 16.7. The van der Waals surface area contributed by atoms with E-state index in [0.29, 0.717) is 5.82 Å². The number of hydrogen-bond acceptors (Lipinski definition) is 7. The van der Waals surface area contributed by atoms with Crippen LogP contribution in [0.15, 0.2) is 61.3 Å². The Bertz CT molecular complexity index is 1110. The lowest BCUT2D eigenvalue weighted by atomic mass is 9.95. The smallest absolute Gasteiger partial charge is 0.227 e. The molecule has 0 atom stereocenters. The first-order chi connectivity index (χ1) is 15.3. The van der Waals surface area contributed by atoms with Gasteiger partial charge in [-0.25, -0.2) is 9.67 Å². The maximum atomic E-state index is 12.7. The van der Waals surface area contributed by atoms with Gasteiger partial charge in [0.05, 0.1) is 5.69 Å². The molecule has 0 saturated carbocycles. The van der Waals surface area contributed by atoms with Crippen LogP contribution in [0.5, 0.6) is 0 Å². The van der Waals surface area contributed by atoms with E-state index >= 15 is 0 Å². The molecule has 4 heterocycles. The Kier molecular flexibility index (Phi) is 5.09. The van der Waals surface area contributed by atoms with Crippen LogP contribution in [0.25, 0.3) is 17.1 Å². The molecule has 0 spiro atoms. The number of aromatic amines is 1. The fourth-order valence-corrected chi connectivity index (χ4v) is 3.70. The number of hydrogen-bond donors (Lipinski definition) is 2. The molecule has 10 heteroatoms. The van der Waals surface area contributed by atoms with Gasteiger partial charge >= 0.3 is 0 Å². The first kappa shape index (κ1) is 18.9. The predicted octanol–water partition coefficient (Wildman–Crippen LogP) is 2.30. The van der Waals surface area contributed by atoms with Gasteiger partial charge in [0.2, 0.25) is 5.91 Å². The monoisotopic (exact) mass is 415 g/mol. The summed E-state index contributed by atoms with van der Waals surface area (Å²) in [5.41, 5.74) is 2.77. The predicted molar refractivity (Wildman–Crippen MR) is 115 cm³/mol. The largest absolute Gasteiger partial charge is 0.355 e. The van der Waals surface area contributed by atoms with Gasteiger partial charge in [-0.15, -0.1) is 10.2 Å². The van der Waals surface area contributed by atoms with Gasteiger partial charge in [-0.1, -0.05) is 12.1 Å². The summed E-state index contributed by atoms with van der Waals surface area (Å²) in [4.78, 5) is 18.8. The van der Waals surface area contributed by atoms with Gasteiger partial charge < -0.3 is 10.2 Å². The SMILES string of the molecule is O=C(Nc1ccc(-c2ccn[nH]2)cc1)C1CCN(c2ccc(-n3cncn3)nn2)CC1. The summed E-state index contributed by atoms with van der Waals surface area (Å²) in [5.74, 6) is 1.46. The minimum absolute atomic E-state index is 0.0223. The third-order valence-electron chi connectivity index (χ3n) is 5.44. The minimum Gasteiger partial charge on any atom is -0.355 e. The third kappa shape index (κ3) is 4.13. The highest BCUT2D eigenvalue weighted by molar-refractivity contribution is 5.93. The van der Waals surface area contributed by atoms with Crippen molar-refractivity contribution in [2.45, 2.75) is 12.8 Å². The molecule has 1 saturated heterocycles. The molecule has 2 N–H and O–H groups in total. The van der Waals surface area contributed by atoms with E-state index in [4.69, 9.17) is 0 Å². The van der Waals surface area contributed by atoms with Crippen molar-refractivity contribution in [1.82, 2.24) is 35.2 Å². The highest BCUT2D eigenvalue weighted by Crippen LogP contribution is 2.24. The van der Waals surface area contributed by atoms with E-state index in [-0.39, 0.29) is 11.8 Å². The zero-order valence-electron chi connectivity index (χ0n) is 16.7. The van der Waals surface area contributed by atoms with Gasteiger partial charge in [0.25, 0.3) is 0 Å². The van der Waals surface area contributed by atoms with Crippen LogP contribution < -0.4 is 10.2 Å². The molecule has 0 bridgehead atoms. The average Bonchev–Trinajstić information content (AvgIpc) is 3.55. The fraction of sp³-hybridized carbons (Fsp3) is 0.238. The number of nitrogens with zero attached hydrogens (tertiary/aromatic N) is 7. The second-order valence-corrected chi connectivity index (χ2v) is 7.39. The second kappa shape index (κ2) is 8.34. The molecule has 4 aromatic rings. The second-order valence-electron chi connectivity index (χ2n) is 7.39. The molecule has 1 aromatic carbocycles. The van der Waals surface area contributed by atoms with Crippen LogP contribution in [0.2, 0.25) is 0 Å². The Morgan fingerprint density at radius 3 is 2.42 bits per heavy atom. The maximum Gasteiger partial charge on any atom is 0.227 e. The van der Waals surface area contributed by atoms with Crippen LogP contribution in [-0.2, 0) is 4.79 Å². The number of nitrogens with one attached hydrogen (secondary N) is 2.